The van der Waals surface area contributed by atoms with E-state index in [9.17, 15) is 13.2 Å². The zero-order valence-corrected chi connectivity index (χ0v) is 17.4. The van der Waals surface area contributed by atoms with Crippen LogP contribution in [0.5, 0.6) is 0 Å². The molecule has 1 amide bonds. The SMILES string of the molecule is CC(C)(C)OC(=O)N1CCC(CNS(=O)(=O)c2ccc(N=C=S)cc2)CC1. The Kier molecular flexibility index (Phi) is 7.11. The standard InChI is InChI=1S/C18H25N3O4S2/c1-18(2,3)25-17(22)21-10-8-14(9-11-21)12-20-27(23,24)16-6-4-15(5-7-16)19-13-26/h4-7,14,20H,8-12H2,1-3H3. The van der Waals surface area contributed by atoms with Crippen LogP contribution in [-0.2, 0) is 14.8 Å². The topological polar surface area (TPSA) is 88.1 Å². The van der Waals surface area contributed by atoms with E-state index in [0.29, 0.717) is 25.3 Å². The first-order chi connectivity index (χ1) is 12.6. The maximum absolute atomic E-state index is 12.4. The minimum Gasteiger partial charge on any atom is -0.444 e. The summed E-state index contributed by atoms with van der Waals surface area (Å²) in [6.07, 6.45) is 1.13. The normalized spacial score (nSPS) is 15.9. The molecule has 27 heavy (non-hydrogen) atoms. The Morgan fingerprint density at radius 1 is 1.30 bits per heavy atom. The largest absolute Gasteiger partial charge is 0.444 e. The van der Waals surface area contributed by atoms with Gasteiger partial charge >= 0.3 is 6.09 Å². The van der Waals surface area contributed by atoms with E-state index in [0.717, 1.165) is 12.8 Å². The van der Waals surface area contributed by atoms with Crippen molar-refractivity contribution >= 4 is 39.2 Å². The van der Waals surface area contributed by atoms with Gasteiger partial charge in [-0.25, -0.2) is 17.9 Å². The Labute approximate surface area is 165 Å². The minimum absolute atomic E-state index is 0.178. The quantitative estimate of drug-likeness (QED) is 0.593. The lowest BCUT2D eigenvalue weighted by atomic mass is 9.97. The van der Waals surface area contributed by atoms with Crippen molar-refractivity contribution in [2.45, 2.75) is 44.1 Å². The number of carbonyl (C=O) groups is 1. The Balaban J connectivity index is 1.85. The molecule has 0 radical (unpaired) electrons. The van der Waals surface area contributed by atoms with Crippen molar-refractivity contribution in [2.75, 3.05) is 19.6 Å². The van der Waals surface area contributed by atoms with Gasteiger partial charge < -0.3 is 9.64 Å². The molecule has 0 saturated carbocycles. The molecule has 7 nitrogen and oxygen atoms in total. The first-order valence-corrected chi connectivity index (χ1v) is 10.7. The van der Waals surface area contributed by atoms with E-state index < -0.39 is 15.6 Å². The van der Waals surface area contributed by atoms with E-state index in [1.54, 1.807) is 17.0 Å². The van der Waals surface area contributed by atoms with Crippen molar-refractivity contribution in [3.05, 3.63) is 24.3 Å². The number of hydrogen-bond acceptors (Lipinski definition) is 6. The zero-order chi connectivity index (χ0) is 20.1. The number of sulfonamides is 1. The van der Waals surface area contributed by atoms with Gasteiger partial charge in [-0.2, -0.15) is 4.99 Å². The van der Waals surface area contributed by atoms with E-state index in [1.807, 2.05) is 20.8 Å². The van der Waals surface area contributed by atoms with Crippen molar-refractivity contribution in [1.29, 1.82) is 0 Å². The smallest absolute Gasteiger partial charge is 0.410 e. The second-order valence-electron chi connectivity index (χ2n) is 7.46. The highest BCUT2D eigenvalue weighted by atomic mass is 32.2. The van der Waals surface area contributed by atoms with Gasteiger partial charge in [0.25, 0.3) is 0 Å². The molecule has 0 spiro atoms. The molecule has 1 N–H and O–H groups in total. The van der Waals surface area contributed by atoms with E-state index in [4.69, 9.17) is 4.74 Å². The minimum atomic E-state index is -3.59. The molecule has 1 aliphatic heterocycles. The predicted octanol–water partition coefficient (Wildman–Crippen LogP) is 3.35. The van der Waals surface area contributed by atoms with Crippen molar-refractivity contribution in [3.63, 3.8) is 0 Å². The Morgan fingerprint density at radius 3 is 2.41 bits per heavy atom. The highest BCUT2D eigenvalue weighted by Crippen LogP contribution is 2.20. The third-order valence-corrected chi connectivity index (χ3v) is 5.68. The number of nitrogens with zero attached hydrogens (tertiary/aromatic N) is 2. The summed E-state index contributed by atoms with van der Waals surface area (Å²) in [6, 6.07) is 6.12. The van der Waals surface area contributed by atoms with Gasteiger partial charge in [0.05, 0.1) is 15.7 Å². The van der Waals surface area contributed by atoms with Gasteiger partial charge in [-0.1, -0.05) is 0 Å². The molecule has 0 atom stereocenters. The fourth-order valence-corrected chi connectivity index (χ4v) is 3.93. The van der Waals surface area contributed by atoms with Gasteiger partial charge in [0, 0.05) is 19.6 Å². The summed E-state index contributed by atoms with van der Waals surface area (Å²) < 4.78 is 32.8. The van der Waals surface area contributed by atoms with E-state index in [2.05, 4.69) is 27.1 Å². The summed E-state index contributed by atoms with van der Waals surface area (Å²) in [5.74, 6) is 0.178. The van der Waals surface area contributed by atoms with Crippen molar-refractivity contribution in [3.8, 4) is 0 Å². The molecule has 0 unspecified atom stereocenters. The lowest BCUT2D eigenvalue weighted by Crippen LogP contribution is -2.43. The van der Waals surface area contributed by atoms with Gasteiger partial charge in [0.15, 0.2) is 0 Å². The monoisotopic (exact) mass is 411 g/mol. The van der Waals surface area contributed by atoms with Crippen LogP contribution in [0.25, 0.3) is 0 Å². The van der Waals surface area contributed by atoms with Crippen LogP contribution in [0.3, 0.4) is 0 Å². The number of rotatable bonds is 5. The van der Waals surface area contributed by atoms with Crippen molar-refractivity contribution in [2.24, 2.45) is 10.9 Å². The number of isothiocyanates is 1. The molecule has 0 aromatic heterocycles. The number of aliphatic imine (C=N–C) groups is 1. The highest BCUT2D eigenvalue weighted by Gasteiger charge is 2.27. The average molecular weight is 412 g/mol. The molecule has 9 heteroatoms. The van der Waals surface area contributed by atoms with E-state index >= 15 is 0 Å². The molecule has 0 bridgehead atoms. The fraction of sp³-hybridized carbons (Fsp3) is 0.556. The molecular weight excluding hydrogens is 386 g/mol. The fourth-order valence-electron chi connectivity index (χ4n) is 2.71. The van der Waals surface area contributed by atoms with Gasteiger partial charge in [0.2, 0.25) is 10.0 Å². The van der Waals surface area contributed by atoms with Crippen molar-refractivity contribution < 1.29 is 17.9 Å². The summed E-state index contributed by atoms with van der Waals surface area (Å²) in [5.41, 5.74) is 0.0341. The highest BCUT2D eigenvalue weighted by molar-refractivity contribution is 7.89. The summed E-state index contributed by atoms with van der Waals surface area (Å²) in [6.45, 7) is 6.96. The Hall–Kier alpha value is -1.80. The van der Waals surface area contributed by atoms with E-state index in [1.165, 1.54) is 12.1 Å². The predicted molar refractivity (Wildman–Crippen MR) is 107 cm³/mol. The molecule has 1 aliphatic rings. The van der Waals surface area contributed by atoms with E-state index in [-0.39, 0.29) is 16.9 Å². The lowest BCUT2D eigenvalue weighted by molar-refractivity contribution is 0.0185. The van der Waals surface area contributed by atoms with Crippen LogP contribution >= 0.6 is 12.2 Å². The first kappa shape index (κ1) is 21.5. The molecule has 1 fully saturated rings. The van der Waals surface area contributed by atoms with Gasteiger partial charge in [-0.15, -0.1) is 0 Å². The average Bonchev–Trinajstić information content (AvgIpc) is 2.60. The van der Waals surface area contributed by atoms with Crippen LogP contribution in [-0.4, -0.2) is 49.8 Å². The number of nitrogens with one attached hydrogen (secondary N) is 1. The second kappa shape index (κ2) is 8.93. The number of benzene rings is 1. The van der Waals surface area contributed by atoms with Gasteiger partial charge in [0.1, 0.15) is 5.60 Å². The molecule has 0 aliphatic carbocycles. The molecule has 2 rings (SSSR count). The second-order valence-corrected chi connectivity index (χ2v) is 9.41. The van der Waals surface area contributed by atoms with Crippen LogP contribution in [0.1, 0.15) is 33.6 Å². The first-order valence-electron chi connectivity index (χ1n) is 8.76. The molecule has 1 heterocycles. The maximum atomic E-state index is 12.4. The number of hydrogen-bond donors (Lipinski definition) is 1. The number of ether oxygens (including phenoxy) is 1. The molecule has 148 valence electrons. The Bertz CT molecular complexity index is 802. The number of carbonyl (C=O) groups excluding carboxylic acids is 1. The number of thiocarbonyl (C=S) groups is 1. The Morgan fingerprint density at radius 2 is 1.89 bits per heavy atom. The van der Waals surface area contributed by atoms with Crippen molar-refractivity contribution in [1.82, 2.24) is 9.62 Å². The third-order valence-electron chi connectivity index (χ3n) is 4.15. The van der Waals surface area contributed by atoms with Crippen LogP contribution in [0.2, 0.25) is 0 Å². The van der Waals surface area contributed by atoms with Gasteiger partial charge in [-0.05, 0) is 76.0 Å². The summed E-state index contributed by atoms with van der Waals surface area (Å²) in [7, 11) is -3.59. The van der Waals surface area contributed by atoms with Gasteiger partial charge in [-0.3, -0.25) is 0 Å². The van der Waals surface area contributed by atoms with Crippen LogP contribution in [0, 0.1) is 5.92 Å². The maximum Gasteiger partial charge on any atom is 0.410 e. The summed E-state index contributed by atoms with van der Waals surface area (Å²) >= 11 is 4.52. The summed E-state index contributed by atoms with van der Waals surface area (Å²) in [5, 5.41) is 2.24. The zero-order valence-electron chi connectivity index (χ0n) is 15.8. The van der Waals surface area contributed by atoms with Crippen LogP contribution < -0.4 is 4.72 Å². The molecule has 1 aromatic rings. The van der Waals surface area contributed by atoms with Crippen LogP contribution in [0.15, 0.2) is 34.2 Å². The number of amides is 1. The third kappa shape index (κ3) is 6.70. The molecule has 1 aromatic carbocycles. The number of likely N-dealkylation sites (tertiary alicyclic amines) is 1. The van der Waals surface area contributed by atoms with Crippen LogP contribution in [0.4, 0.5) is 10.5 Å². The summed E-state index contributed by atoms with van der Waals surface area (Å²) in [4.78, 5) is 17.7. The number of piperidine rings is 1. The lowest BCUT2D eigenvalue weighted by Gasteiger charge is -2.33. The molecular formula is C18H25N3O4S2. The molecule has 1 saturated heterocycles.